The molecule has 1 aliphatic heterocycles. The fourth-order valence-corrected chi connectivity index (χ4v) is 3.88. The van der Waals surface area contributed by atoms with Gasteiger partial charge in [-0.25, -0.2) is 9.37 Å². The number of aryl methyl sites for hydroxylation is 3. The van der Waals surface area contributed by atoms with Crippen LogP contribution in [0.2, 0.25) is 0 Å². The highest BCUT2D eigenvalue weighted by atomic mass is 19.1. The summed E-state index contributed by atoms with van der Waals surface area (Å²) in [7, 11) is 0. The molecule has 0 bridgehead atoms. The van der Waals surface area contributed by atoms with E-state index in [-0.39, 0.29) is 23.8 Å². The Balaban J connectivity index is 1.53. The predicted octanol–water partition coefficient (Wildman–Crippen LogP) is 2.81. The first kappa shape index (κ1) is 20.1. The summed E-state index contributed by atoms with van der Waals surface area (Å²) in [5.74, 6) is -0.343. The summed E-state index contributed by atoms with van der Waals surface area (Å²) in [5.41, 5.74) is 4.67. The Morgan fingerprint density at radius 3 is 2.30 bits per heavy atom. The molecule has 0 spiro atoms. The summed E-state index contributed by atoms with van der Waals surface area (Å²) in [6, 6.07) is 10.3. The number of anilines is 1. The minimum absolute atomic E-state index is 0.00224. The van der Waals surface area contributed by atoms with Crippen LogP contribution in [0.15, 0.2) is 41.2 Å². The SMILES string of the molecule is Cc1cc2nc(C)c(=O)n(CC(=O)N3CCN(c4ccc(F)cc4)CC3)c2cc1C. The molecule has 1 amide bonds. The van der Waals surface area contributed by atoms with Gasteiger partial charge in [0.2, 0.25) is 5.91 Å². The van der Waals surface area contributed by atoms with Crippen molar-refractivity contribution in [2.45, 2.75) is 27.3 Å². The zero-order valence-corrected chi connectivity index (χ0v) is 17.5. The number of carbonyl (C=O) groups excluding carboxylic acids is 1. The molecule has 1 fully saturated rings. The number of halogens is 1. The monoisotopic (exact) mass is 408 g/mol. The molecule has 1 saturated heterocycles. The maximum absolute atomic E-state index is 13.1. The van der Waals surface area contributed by atoms with E-state index in [0.717, 1.165) is 22.3 Å². The standard InChI is InChI=1S/C23H25FN4O2/c1-15-12-20-21(13-16(15)2)28(23(30)17(3)25-20)14-22(29)27-10-8-26(9-11-27)19-6-4-18(24)5-7-19/h4-7,12-13H,8-11,14H2,1-3H3. The molecule has 0 saturated carbocycles. The van der Waals surface area contributed by atoms with Crippen LogP contribution in [0.3, 0.4) is 0 Å². The van der Waals surface area contributed by atoms with Gasteiger partial charge >= 0.3 is 0 Å². The molecule has 0 radical (unpaired) electrons. The highest BCUT2D eigenvalue weighted by Gasteiger charge is 2.23. The van der Waals surface area contributed by atoms with Gasteiger partial charge in [0.15, 0.2) is 0 Å². The fraction of sp³-hybridized carbons (Fsp3) is 0.348. The quantitative estimate of drug-likeness (QED) is 0.669. The van der Waals surface area contributed by atoms with Gasteiger partial charge in [0.05, 0.1) is 11.0 Å². The molecule has 0 unspecified atom stereocenters. The lowest BCUT2D eigenvalue weighted by molar-refractivity contribution is -0.132. The highest BCUT2D eigenvalue weighted by Crippen LogP contribution is 2.19. The number of hydrogen-bond donors (Lipinski definition) is 0. The lowest BCUT2D eigenvalue weighted by Crippen LogP contribution is -2.50. The van der Waals surface area contributed by atoms with Crippen molar-refractivity contribution in [1.29, 1.82) is 0 Å². The minimum atomic E-state index is -0.261. The molecular formula is C23H25FN4O2. The lowest BCUT2D eigenvalue weighted by atomic mass is 10.1. The van der Waals surface area contributed by atoms with Crippen LogP contribution in [0.5, 0.6) is 0 Å². The van der Waals surface area contributed by atoms with Crippen LogP contribution >= 0.6 is 0 Å². The number of rotatable bonds is 3. The number of aromatic nitrogens is 2. The summed E-state index contributed by atoms with van der Waals surface area (Å²) < 4.78 is 14.7. The molecule has 6 nitrogen and oxygen atoms in total. The number of hydrogen-bond acceptors (Lipinski definition) is 4. The molecule has 2 heterocycles. The number of benzene rings is 2. The van der Waals surface area contributed by atoms with Gasteiger partial charge in [0.25, 0.3) is 5.56 Å². The van der Waals surface area contributed by atoms with Crippen molar-refractivity contribution < 1.29 is 9.18 Å². The molecular weight excluding hydrogens is 383 g/mol. The van der Waals surface area contributed by atoms with E-state index in [1.807, 2.05) is 26.0 Å². The molecule has 3 aromatic rings. The Hall–Kier alpha value is -3.22. The van der Waals surface area contributed by atoms with Crippen molar-refractivity contribution >= 4 is 22.6 Å². The van der Waals surface area contributed by atoms with Crippen molar-refractivity contribution in [1.82, 2.24) is 14.5 Å². The topological polar surface area (TPSA) is 58.4 Å². The lowest BCUT2D eigenvalue weighted by Gasteiger charge is -2.36. The van der Waals surface area contributed by atoms with E-state index in [1.54, 1.807) is 28.5 Å². The van der Waals surface area contributed by atoms with Crippen molar-refractivity contribution in [2.75, 3.05) is 31.1 Å². The van der Waals surface area contributed by atoms with Crippen LogP contribution in [0.4, 0.5) is 10.1 Å². The van der Waals surface area contributed by atoms with E-state index >= 15 is 0 Å². The van der Waals surface area contributed by atoms with Crippen molar-refractivity contribution in [3.63, 3.8) is 0 Å². The zero-order valence-electron chi connectivity index (χ0n) is 17.5. The first-order chi connectivity index (χ1) is 14.3. The molecule has 2 aromatic carbocycles. The first-order valence-corrected chi connectivity index (χ1v) is 10.1. The summed E-state index contributed by atoms with van der Waals surface area (Å²) >= 11 is 0. The minimum Gasteiger partial charge on any atom is -0.368 e. The zero-order chi connectivity index (χ0) is 21.4. The summed E-state index contributed by atoms with van der Waals surface area (Å²) in [6.07, 6.45) is 0. The molecule has 4 rings (SSSR count). The van der Waals surface area contributed by atoms with Crippen LogP contribution in [-0.2, 0) is 11.3 Å². The number of nitrogens with zero attached hydrogens (tertiary/aromatic N) is 4. The van der Waals surface area contributed by atoms with Crippen molar-refractivity contribution in [3.05, 3.63) is 69.4 Å². The summed E-state index contributed by atoms with van der Waals surface area (Å²) in [6.45, 7) is 8.13. The van der Waals surface area contributed by atoms with Gasteiger partial charge in [-0.2, -0.15) is 0 Å². The second kappa shape index (κ2) is 7.89. The van der Waals surface area contributed by atoms with E-state index in [4.69, 9.17) is 0 Å². The van der Waals surface area contributed by atoms with E-state index in [2.05, 4.69) is 9.88 Å². The Bertz CT molecular complexity index is 1160. The van der Waals surface area contributed by atoms with Gasteiger partial charge < -0.3 is 9.80 Å². The van der Waals surface area contributed by atoms with Gasteiger partial charge in [0.1, 0.15) is 18.1 Å². The van der Waals surface area contributed by atoms with E-state index in [1.165, 1.54) is 12.1 Å². The summed E-state index contributed by atoms with van der Waals surface area (Å²) in [5, 5.41) is 0. The number of fused-ring (bicyclic) bond motifs is 1. The molecule has 156 valence electrons. The summed E-state index contributed by atoms with van der Waals surface area (Å²) in [4.78, 5) is 34.1. The second-order valence-corrected chi connectivity index (χ2v) is 7.86. The third-order valence-electron chi connectivity index (χ3n) is 5.84. The highest BCUT2D eigenvalue weighted by molar-refractivity contribution is 5.81. The first-order valence-electron chi connectivity index (χ1n) is 10.1. The smallest absolute Gasteiger partial charge is 0.272 e. The van der Waals surface area contributed by atoms with Crippen LogP contribution in [0.25, 0.3) is 11.0 Å². The predicted molar refractivity (Wildman–Crippen MR) is 115 cm³/mol. The number of amides is 1. The van der Waals surface area contributed by atoms with Crippen LogP contribution in [-0.4, -0.2) is 46.5 Å². The number of carbonyl (C=O) groups is 1. The van der Waals surface area contributed by atoms with Crippen LogP contribution < -0.4 is 10.5 Å². The van der Waals surface area contributed by atoms with E-state index in [9.17, 15) is 14.0 Å². The molecule has 7 heteroatoms. The molecule has 1 aromatic heterocycles. The second-order valence-electron chi connectivity index (χ2n) is 7.86. The normalized spacial score (nSPS) is 14.4. The third-order valence-corrected chi connectivity index (χ3v) is 5.84. The van der Waals surface area contributed by atoms with Crippen molar-refractivity contribution in [3.8, 4) is 0 Å². The largest absolute Gasteiger partial charge is 0.368 e. The molecule has 0 N–H and O–H groups in total. The Kier molecular flexibility index (Phi) is 5.28. The third kappa shape index (κ3) is 3.79. The average molecular weight is 408 g/mol. The molecule has 1 aliphatic rings. The molecule has 0 aliphatic carbocycles. The van der Waals surface area contributed by atoms with Gasteiger partial charge in [-0.3, -0.25) is 14.2 Å². The van der Waals surface area contributed by atoms with E-state index < -0.39 is 0 Å². The van der Waals surface area contributed by atoms with Gasteiger partial charge in [-0.1, -0.05) is 0 Å². The number of piperazine rings is 1. The van der Waals surface area contributed by atoms with Crippen LogP contribution in [0, 0.1) is 26.6 Å². The Labute approximate surface area is 174 Å². The van der Waals surface area contributed by atoms with Gasteiger partial charge in [-0.15, -0.1) is 0 Å². The maximum atomic E-state index is 13.1. The molecule has 30 heavy (non-hydrogen) atoms. The maximum Gasteiger partial charge on any atom is 0.272 e. The fourth-order valence-electron chi connectivity index (χ4n) is 3.88. The van der Waals surface area contributed by atoms with Crippen molar-refractivity contribution in [2.24, 2.45) is 0 Å². The average Bonchev–Trinajstić information content (AvgIpc) is 2.74. The van der Waals surface area contributed by atoms with Crippen LogP contribution in [0.1, 0.15) is 16.8 Å². The Morgan fingerprint density at radius 2 is 1.63 bits per heavy atom. The molecule has 0 atom stereocenters. The van der Waals surface area contributed by atoms with Gasteiger partial charge in [-0.05, 0) is 68.3 Å². The van der Waals surface area contributed by atoms with Gasteiger partial charge in [0, 0.05) is 31.9 Å². The van der Waals surface area contributed by atoms with E-state index in [0.29, 0.717) is 37.4 Å². The Morgan fingerprint density at radius 1 is 1.00 bits per heavy atom.